The molecule has 3 nitrogen and oxygen atoms in total. The van der Waals surface area contributed by atoms with Gasteiger partial charge < -0.3 is 4.90 Å². The standard InChI is InChI=1S/C17H16N2OS2/c1-12-9-10-21-14(12)7-8-17(20)19(2)11-16-18-13-5-3-4-6-15(13)22-16/h3-10H,11H2,1-2H3. The topological polar surface area (TPSA) is 33.2 Å². The van der Waals surface area contributed by atoms with E-state index in [4.69, 9.17) is 0 Å². The number of aryl methyl sites for hydroxylation is 1. The highest BCUT2D eigenvalue weighted by molar-refractivity contribution is 7.18. The highest BCUT2D eigenvalue weighted by Gasteiger charge is 2.10. The molecule has 3 rings (SSSR count). The summed E-state index contributed by atoms with van der Waals surface area (Å²) in [5.41, 5.74) is 2.19. The van der Waals surface area contributed by atoms with Gasteiger partial charge in [-0.2, -0.15) is 0 Å². The number of benzene rings is 1. The van der Waals surface area contributed by atoms with Crippen LogP contribution < -0.4 is 0 Å². The van der Waals surface area contributed by atoms with Crippen LogP contribution in [-0.2, 0) is 11.3 Å². The summed E-state index contributed by atoms with van der Waals surface area (Å²) in [6.07, 6.45) is 3.52. The molecule has 0 aliphatic heterocycles. The third-order valence-corrected chi connectivity index (χ3v) is 5.37. The smallest absolute Gasteiger partial charge is 0.246 e. The molecule has 5 heteroatoms. The fourth-order valence-corrected chi connectivity index (χ4v) is 3.94. The van der Waals surface area contributed by atoms with Gasteiger partial charge in [-0.25, -0.2) is 4.98 Å². The summed E-state index contributed by atoms with van der Waals surface area (Å²) >= 11 is 3.28. The highest BCUT2D eigenvalue weighted by Crippen LogP contribution is 2.22. The minimum Gasteiger partial charge on any atom is -0.335 e. The number of rotatable bonds is 4. The van der Waals surface area contributed by atoms with E-state index in [1.54, 1.807) is 40.7 Å². The van der Waals surface area contributed by atoms with Gasteiger partial charge in [-0.15, -0.1) is 22.7 Å². The molecule has 0 N–H and O–H groups in total. The lowest BCUT2D eigenvalue weighted by molar-refractivity contribution is -0.125. The van der Waals surface area contributed by atoms with Crippen molar-refractivity contribution in [2.24, 2.45) is 0 Å². The van der Waals surface area contributed by atoms with Crippen LogP contribution >= 0.6 is 22.7 Å². The van der Waals surface area contributed by atoms with Crippen LogP contribution in [0.5, 0.6) is 0 Å². The second-order valence-corrected chi connectivity index (χ2v) is 7.13. The molecule has 1 amide bonds. The van der Waals surface area contributed by atoms with Gasteiger partial charge in [0.15, 0.2) is 0 Å². The van der Waals surface area contributed by atoms with E-state index < -0.39 is 0 Å². The minimum absolute atomic E-state index is 0.00736. The minimum atomic E-state index is -0.00736. The van der Waals surface area contributed by atoms with E-state index in [2.05, 4.69) is 17.1 Å². The Balaban J connectivity index is 1.68. The Hall–Kier alpha value is -1.98. The summed E-state index contributed by atoms with van der Waals surface area (Å²) < 4.78 is 1.16. The summed E-state index contributed by atoms with van der Waals surface area (Å²) in [5, 5.41) is 2.99. The number of para-hydroxylation sites is 1. The Morgan fingerprint density at radius 1 is 1.32 bits per heavy atom. The Labute approximate surface area is 137 Å². The third-order valence-electron chi connectivity index (χ3n) is 3.37. The van der Waals surface area contributed by atoms with Crippen molar-refractivity contribution in [1.29, 1.82) is 0 Å². The number of carbonyl (C=O) groups excluding carboxylic acids is 1. The second-order valence-electron chi connectivity index (χ2n) is 5.07. The van der Waals surface area contributed by atoms with Crippen molar-refractivity contribution in [3.63, 3.8) is 0 Å². The lowest BCUT2D eigenvalue weighted by Gasteiger charge is -2.12. The quantitative estimate of drug-likeness (QED) is 0.668. The Morgan fingerprint density at radius 2 is 2.14 bits per heavy atom. The van der Waals surface area contributed by atoms with Crippen molar-refractivity contribution in [2.45, 2.75) is 13.5 Å². The third kappa shape index (κ3) is 3.26. The molecule has 0 bridgehead atoms. The van der Waals surface area contributed by atoms with Gasteiger partial charge in [0.1, 0.15) is 5.01 Å². The van der Waals surface area contributed by atoms with Gasteiger partial charge in [-0.05, 0) is 42.1 Å². The summed E-state index contributed by atoms with van der Waals surface area (Å²) in [6, 6.07) is 10.1. The number of aromatic nitrogens is 1. The SMILES string of the molecule is Cc1ccsc1C=CC(=O)N(C)Cc1nc2ccccc2s1. The lowest BCUT2D eigenvalue weighted by atomic mass is 10.3. The molecule has 0 radical (unpaired) electrons. The van der Waals surface area contributed by atoms with Crippen LogP contribution in [-0.4, -0.2) is 22.8 Å². The first kappa shape index (κ1) is 14.9. The van der Waals surface area contributed by atoms with Crippen molar-refractivity contribution in [3.05, 3.63) is 57.2 Å². The van der Waals surface area contributed by atoms with Gasteiger partial charge >= 0.3 is 0 Å². The van der Waals surface area contributed by atoms with Gasteiger partial charge in [-0.1, -0.05) is 12.1 Å². The number of amides is 1. The maximum absolute atomic E-state index is 12.2. The number of fused-ring (bicyclic) bond motifs is 1. The average molecular weight is 328 g/mol. The molecule has 0 atom stereocenters. The molecule has 0 aliphatic carbocycles. The predicted octanol–water partition coefficient (Wildman–Crippen LogP) is 4.34. The zero-order valence-corrected chi connectivity index (χ0v) is 14.1. The van der Waals surface area contributed by atoms with Crippen molar-refractivity contribution in [1.82, 2.24) is 9.88 Å². The van der Waals surface area contributed by atoms with Crippen molar-refractivity contribution in [2.75, 3.05) is 7.05 Å². The van der Waals surface area contributed by atoms with Gasteiger partial charge in [0.05, 0.1) is 16.8 Å². The average Bonchev–Trinajstić information content (AvgIpc) is 3.10. The van der Waals surface area contributed by atoms with E-state index in [1.165, 1.54) is 5.56 Å². The fraction of sp³-hybridized carbons (Fsp3) is 0.176. The van der Waals surface area contributed by atoms with Gasteiger partial charge in [0, 0.05) is 18.0 Å². The first-order valence-corrected chi connectivity index (χ1v) is 8.65. The van der Waals surface area contributed by atoms with Crippen LogP contribution in [0.2, 0.25) is 0 Å². The molecular formula is C17H16N2OS2. The summed E-state index contributed by atoms with van der Waals surface area (Å²) in [7, 11) is 1.81. The molecule has 1 aromatic carbocycles. The molecule has 0 unspecified atom stereocenters. The Kier molecular flexibility index (Phi) is 4.36. The van der Waals surface area contributed by atoms with Crippen LogP contribution in [0.25, 0.3) is 16.3 Å². The predicted molar refractivity (Wildman–Crippen MR) is 94.2 cm³/mol. The van der Waals surface area contributed by atoms with E-state index >= 15 is 0 Å². The zero-order valence-electron chi connectivity index (χ0n) is 12.4. The van der Waals surface area contributed by atoms with E-state index in [9.17, 15) is 4.79 Å². The molecule has 2 aromatic heterocycles. The number of nitrogens with zero attached hydrogens (tertiary/aromatic N) is 2. The molecule has 0 spiro atoms. The van der Waals surface area contributed by atoms with Crippen LogP contribution in [0.3, 0.4) is 0 Å². The van der Waals surface area contributed by atoms with Crippen molar-refractivity contribution in [3.8, 4) is 0 Å². The molecule has 0 fully saturated rings. The molecule has 22 heavy (non-hydrogen) atoms. The monoisotopic (exact) mass is 328 g/mol. The normalized spacial score (nSPS) is 11.4. The van der Waals surface area contributed by atoms with E-state index in [-0.39, 0.29) is 5.91 Å². The van der Waals surface area contributed by atoms with Gasteiger partial charge in [-0.3, -0.25) is 4.79 Å². The Morgan fingerprint density at radius 3 is 2.86 bits per heavy atom. The number of hydrogen-bond donors (Lipinski definition) is 0. The Bertz CT molecular complexity index is 799. The first-order valence-electron chi connectivity index (χ1n) is 6.95. The van der Waals surface area contributed by atoms with E-state index in [1.807, 2.05) is 36.6 Å². The summed E-state index contributed by atoms with van der Waals surface area (Å²) in [4.78, 5) is 19.6. The molecule has 3 aromatic rings. The largest absolute Gasteiger partial charge is 0.335 e. The zero-order chi connectivity index (χ0) is 15.5. The molecule has 2 heterocycles. The molecule has 0 saturated carbocycles. The van der Waals surface area contributed by atoms with E-state index in [0.29, 0.717) is 6.54 Å². The van der Waals surface area contributed by atoms with Crippen LogP contribution in [0, 0.1) is 6.92 Å². The summed E-state index contributed by atoms with van der Waals surface area (Å²) in [5.74, 6) is -0.00736. The number of thiazole rings is 1. The molecule has 112 valence electrons. The lowest BCUT2D eigenvalue weighted by Crippen LogP contribution is -2.23. The number of carbonyl (C=O) groups is 1. The fourth-order valence-electron chi connectivity index (χ4n) is 2.10. The van der Waals surface area contributed by atoms with Crippen molar-refractivity contribution >= 4 is 44.9 Å². The van der Waals surface area contributed by atoms with Crippen molar-refractivity contribution < 1.29 is 4.79 Å². The molecule has 0 saturated heterocycles. The maximum atomic E-state index is 12.2. The molecule has 0 aliphatic rings. The number of thiophene rings is 1. The number of likely N-dealkylation sites (N-methyl/N-ethyl adjacent to an activating group) is 1. The first-order chi connectivity index (χ1) is 10.6. The second kappa shape index (κ2) is 6.42. The van der Waals surface area contributed by atoms with E-state index in [0.717, 1.165) is 20.1 Å². The highest BCUT2D eigenvalue weighted by atomic mass is 32.1. The number of hydrogen-bond acceptors (Lipinski definition) is 4. The molecular weight excluding hydrogens is 312 g/mol. The van der Waals surface area contributed by atoms with Gasteiger partial charge in [0.2, 0.25) is 5.91 Å². The van der Waals surface area contributed by atoms with Crippen LogP contribution in [0.1, 0.15) is 15.4 Å². The summed E-state index contributed by atoms with van der Waals surface area (Å²) in [6.45, 7) is 2.58. The van der Waals surface area contributed by atoms with Crippen LogP contribution in [0.15, 0.2) is 41.8 Å². The maximum Gasteiger partial charge on any atom is 0.246 e. The van der Waals surface area contributed by atoms with Crippen LogP contribution in [0.4, 0.5) is 0 Å². The van der Waals surface area contributed by atoms with Gasteiger partial charge in [0.25, 0.3) is 0 Å².